The fraction of sp³-hybridized carbons (Fsp3) is 0.125. The number of benzene rings is 2. The summed E-state index contributed by atoms with van der Waals surface area (Å²) in [4.78, 5) is 35.7. The van der Waals surface area contributed by atoms with Gasteiger partial charge in [0.2, 0.25) is 5.91 Å². The lowest BCUT2D eigenvalue weighted by molar-refractivity contribution is -0.384. The van der Waals surface area contributed by atoms with Gasteiger partial charge < -0.3 is 10.2 Å². The average Bonchev–Trinajstić information content (AvgIpc) is 2.57. The Morgan fingerprint density at radius 2 is 1.88 bits per heavy atom. The molecule has 0 saturated heterocycles. The number of nitrogens with zero attached hydrogens (tertiary/aromatic N) is 2. The zero-order valence-electron chi connectivity index (χ0n) is 13.0. The molecule has 0 aliphatic rings. The molecule has 0 atom stereocenters. The van der Waals surface area contributed by atoms with Crippen LogP contribution in [0.25, 0.3) is 0 Å². The summed E-state index contributed by atoms with van der Waals surface area (Å²) in [6, 6.07) is 9.91. The summed E-state index contributed by atoms with van der Waals surface area (Å²) in [6.07, 6.45) is 0. The van der Waals surface area contributed by atoms with E-state index < -0.39 is 16.7 Å². The van der Waals surface area contributed by atoms with Crippen LogP contribution in [0.4, 0.5) is 11.4 Å². The van der Waals surface area contributed by atoms with Crippen molar-refractivity contribution in [3.63, 3.8) is 0 Å². The molecular formula is C16H13Cl2N3O4. The Labute approximate surface area is 153 Å². The van der Waals surface area contributed by atoms with Gasteiger partial charge >= 0.3 is 0 Å². The number of nitrogens with one attached hydrogen (secondary N) is 1. The lowest BCUT2D eigenvalue weighted by Crippen LogP contribution is -2.34. The predicted octanol–water partition coefficient (Wildman–Crippen LogP) is 3.61. The second kappa shape index (κ2) is 7.96. The van der Waals surface area contributed by atoms with Crippen LogP contribution in [0.3, 0.4) is 0 Å². The summed E-state index contributed by atoms with van der Waals surface area (Å²) in [5.74, 6) is -0.951. The monoisotopic (exact) mass is 381 g/mol. The van der Waals surface area contributed by atoms with E-state index in [1.807, 2.05) is 0 Å². The maximum atomic E-state index is 12.3. The summed E-state index contributed by atoms with van der Waals surface area (Å²) < 4.78 is 0. The van der Waals surface area contributed by atoms with Gasteiger partial charge in [-0.3, -0.25) is 19.7 Å². The van der Waals surface area contributed by atoms with E-state index in [1.165, 1.54) is 37.4 Å². The minimum atomic E-state index is -0.590. The number of non-ortho nitro benzene ring substituents is 1. The van der Waals surface area contributed by atoms with Crippen molar-refractivity contribution in [2.45, 2.75) is 0 Å². The van der Waals surface area contributed by atoms with Gasteiger partial charge in [0.25, 0.3) is 11.6 Å². The Morgan fingerprint density at radius 3 is 2.52 bits per heavy atom. The first-order chi connectivity index (χ1) is 11.8. The number of likely N-dealkylation sites (N-methyl/N-ethyl adjacent to an activating group) is 1. The van der Waals surface area contributed by atoms with E-state index in [-0.39, 0.29) is 17.8 Å². The number of carbonyl (C=O) groups excluding carboxylic acids is 2. The maximum Gasteiger partial charge on any atom is 0.270 e. The third kappa shape index (κ3) is 4.91. The number of hydrogen-bond acceptors (Lipinski definition) is 4. The van der Waals surface area contributed by atoms with Crippen molar-refractivity contribution in [1.29, 1.82) is 0 Å². The number of rotatable bonds is 5. The Morgan fingerprint density at radius 1 is 1.16 bits per heavy atom. The van der Waals surface area contributed by atoms with Gasteiger partial charge in [-0.15, -0.1) is 0 Å². The Kier molecular flexibility index (Phi) is 5.95. The van der Waals surface area contributed by atoms with Crippen LogP contribution >= 0.6 is 23.2 Å². The van der Waals surface area contributed by atoms with E-state index in [2.05, 4.69) is 5.32 Å². The summed E-state index contributed by atoms with van der Waals surface area (Å²) in [7, 11) is 1.43. The largest absolute Gasteiger partial charge is 0.332 e. The van der Waals surface area contributed by atoms with Crippen LogP contribution in [0.5, 0.6) is 0 Å². The van der Waals surface area contributed by atoms with Crippen LogP contribution < -0.4 is 5.32 Å². The fourth-order valence-corrected chi connectivity index (χ4v) is 2.33. The summed E-state index contributed by atoms with van der Waals surface area (Å²) in [6.45, 7) is -0.234. The Bertz CT molecular complexity index is 842. The molecule has 1 N–H and O–H groups in total. The average molecular weight is 382 g/mol. The number of hydrogen-bond donors (Lipinski definition) is 1. The molecule has 0 radical (unpaired) electrons. The summed E-state index contributed by atoms with van der Waals surface area (Å²) in [5.41, 5.74) is 0.370. The Balaban J connectivity index is 2.02. The molecule has 130 valence electrons. The molecule has 0 aromatic heterocycles. The van der Waals surface area contributed by atoms with E-state index in [0.29, 0.717) is 15.7 Å². The van der Waals surface area contributed by atoms with Crippen molar-refractivity contribution in [3.8, 4) is 0 Å². The van der Waals surface area contributed by atoms with E-state index in [0.717, 1.165) is 11.0 Å². The molecule has 2 amide bonds. The first kappa shape index (κ1) is 18.7. The topological polar surface area (TPSA) is 92.6 Å². The molecule has 2 aromatic carbocycles. The second-order valence-corrected chi connectivity index (χ2v) is 5.96. The third-order valence-electron chi connectivity index (χ3n) is 3.23. The molecule has 0 aliphatic heterocycles. The van der Waals surface area contributed by atoms with Crippen molar-refractivity contribution in [2.75, 3.05) is 18.9 Å². The molecule has 0 fully saturated rings. The van der Waals surface area contributed by atoms with Crippen LogP contribution in [0.15, 0.2) is 42.5 Å². The highest BCUT2D eigenvalue weighted by Crippen LogP contribution is 2.25. The molecule has 7 nitrogen and oxygen atoms in total. The number of nitro benzene ring substituents is 1. The van der Waals surface area contributed by atoms with Gasteiger partial charge in [0, 0.05) is 30.4 Å². The van der Waals surface area contributed by atoms with Gasteiger partial charge in [0.05, 0.1) is 21.5 Å². The summed E-state index contributed by atoms with van der Waals surface area (Å²) >= 11 is 11.7. The molecular weight excluding hydrogens is 369 g/mol. The summed E-state index contributed by atoms with van der Waals surface area (Å²) in [5, 5.41) is 14.0. The zero-order chi connectivity index (χ0) is 18.6. The van der Waals surface area contributed by atoms with Crippen LogP contribution in [-0.2, 0) is 4.79 Å². The molecule has 0 aliphatic carbocycles. The molecule has 0 spiro atoms. The highest BCUT2D eigenvalue weighted by atomic mass is 35.5. The number of amides is 2. The normalized spacial score (nSPS) is 10.2. The van der Waals surface area contributed by atoms with Crippen LogP contribution in [0, 0.1) is 10.1 Å². The SMILES string of the molecule is CN(CC(=O)Nc1ccc(Cl)c(Cl)c1)C(=O)c1cccc([N+](=O)[O-])c1. The van der Waals surface area contributed by atoms with Crippen molar-refractivity contribution < 1.29 is 14.5 Å². The minimum Gasteiger partial charge on any atom is -0.332 e. The lowest BCUT2D eigenvalue weighted by atomic mass is 10.2. The number of carbonyl (C=O) groups is 2. The van der Waals surface area contributed by atoms with E-state index in [1.54, 1.807) is 6.07 Å². The molecule has 25 heavy (non-hydrogen) atoms. The molecule has 2 rings (SSSR count). The van der Waals surface area contributed by atoms with Gasteiger partial charge in [-0.05, 0) is 24.3 Å². The molecule has 0 heterocycles. The molecule has 0 saturated carbocycles. The zero-order valence-corrected chi connectivity index (χ0v) is 14.5. The van der Waals surface area contributed by atoms with Crippen molar-refractivity contribution in [3.05, 3.63) is 68.2 Å². The third-order valence-corrected chi connectivity index (χ3v) is 3.97. The number of halogens is 2. The predicted molar refractivity (Wildman–Crippen MR) is 95.1 cm³/mol. The van der Waals surface area contributed by atoms with Crippen LogP contribution in [0.2, 0.25) is 10.0 Å². The standard InChI is InChI=1S/C16H13Cl2N3O4/c1-20(16(23)10-3-2-4-12(7-10)21(24)25)9-15(22)19-11-5-6-13(17)14(18)8-11/h2-8H,9H2,1H3,(H,19,22). The highest BCUT2D eigenvalue weighted by molar-refractivity contribution is 6.42. The Hall–Kier alpha value is -2.64. The number of anilines is 1. The van der Waals surface area contributed by atoms with Crippen molar-refractivity contribution >= 4 is 46.4 Å². The van der Waals surface area contributed by atoms with Gasteiger partial charge in [-0.25, -0.2) is 0 Å². The smallest absolute Gasteiger partial charge is 0.270 e. The van der Waals surface area contributed by atoms with Crippen molar-refractivity contribution in [1.82, 2.24) is 4.90 Å². The molecule has 9 heteroatoms. The lowest BCUT2D eigenvalue weighted by Gasteiger charge is -2.17. The van der Waals surface area contributed by atoms with Gasteiger partial charge in [-0.2, -0.15) is 0 Å². The first-order valence-electron chi connectivity index (χ1n) is 7.02. The van der Waals surface area contributed by atoms with Gasteiger partial charge in [-0.1, -0.05) is 29.3 Å². The number of nitro groups is 1. The molecule has 0 bridgehead atoms. The maximum absolute atomic E-state index is 12.3. The first-order valence-corrected chi connectivity index (χ1v) is 7.78. The molecule has 0 unspecified atom stereocenters. The van der Waals surface area contributed by atoms with Gasteiger partial charge in [0.15, 0.2) is 0 Å². The quantitative estimate of drug-likeness (QED) is 0.632. The van der Waals surface area contributed by atoms with Crippen LogP contribution in [-0.4, -0.2) is 35.2 Å². The van der Waals surface area contributed by atoms with Gasteiger partial charge in [0.1, 0.15) is 0 Å². The second-order valence-electron chi connectivity index (χ2n) is 5.15. The highest BCUT2D eigenvalue weighted by Gasteiger charge is 2.17. The molecule has 2 aromatic rings. The van der Waals surface area contributed by atoms with E-state index in [9.17, 15) is 19.7 Å². The van der Waals surface area contributed by atoms with E-state index >= 15 is 0 Å². The van der Waals surface area contributed by atoms with Crippen molar-refractivity contribution in [2.24, 2.45) is 0 Å². The van der Waals surface area contributed by atoms with Crippen LogP contribution in [0.1, 0.15) is 10.4 Å². The fourth-order valence-electron chi connectivity index (χ4n) is 2.03. The minimum absolute atomic E-state index is 0.124. The van der Waals surface area contributed by atoms with E-state index in [4.69, 9.17) is 23.2 Å².